The summed E-state index contributed by atoms with van der Waals surface area (Å²) in [5, 5.41) is 11.5. The molecule has 2 aliphatic rings. The monoisotopic (exact) mass is 138 g/mol. The van der Waals surface area contributed by atoms with E-state index in [4.69, 9.17) is 5.73 Å². The van der Waals surface area contributed by atoms with E-state index >= 15 is 0 Å². The quantitative estimate of drug-likeness (QED) is 0.521. The fourth-order valence-corrected chi connectivity index (χ4v) is 1.60. The third-order valence-corrected chi connectivity index (χ3v) is 2.18. The fraction of sp³-hybridized carbons (Fsp3) is 0.833. The minimum Gasteiger partial charge on any atom is -0.323 e. The second-order valence-electron chi connectivity index (χ2n) is 2.99. The number of fused-ring (bicyclic) bond motifs is 1. The fourth-order valence-electron chi connectivity index (χ4n) is 1.60. The standard InChI is InChI=1S/C6H10N4/c1-3-2-4(7)6-5(3)8-10-9-6/h3-5H,2,7H2,1H3. The maximum absolute atomic E-state index is 5.76. The smallest absolute Gasteiger partial charge is 0.117 e. The summed E-state index contributed by atoms with van der Waals surface area (Å²) in [7, 11) is 0. The second-order valence-corrected chi connectivity index (χ2v) is 2.99. The van der Waals surface area contributed by atoms with Gasteiger partial charge in [0.2, 0.25) is 0 Å². The highest BCUT2D eigenvalue weighted by molar-refractivity contribution is 5.97. The molecule has 0 saturated heterocycles. The lowest BCUT2D eigenvalue weighted by Crippen LogP contribution is -2.27. The molecular formula is C6H10N4. The van der Waals surface area contributed by atoms with Gasteiger partial charge in [-0.05, 0) is 17.6 Å². The molecule has 10 heavy (non-hydrogen) atoms. The lowest BCUT2D eigenvalue weighted by molar-refractivity contribution is 0.534. The summed E-state index contributed by atoms with van der Waals surface area (Å²) < 4.78 is 0. The first-order valence-electron chi connectivity index (χ1n) is 3.52. The SMILES string of the molecule is CC1CC(N)C2=NN=NC21. The molecular weight excluding hydrogens is 128 g/mol. The summed E-state index contributed by atoms with van der Waals surface area (Å²) in [6, 6.07) is 0.310. The molecule has 1 saturated carbocycles. The van der Waals surface area contributed by atoms with Gasteiger partial charge in [0.1, 0.15) is 6.04 Å². The van der Waals surface area contributed by atoms with E-state index in [2.05, 4.69) is 22.4 Å². The molecule has 1 aliphatic carbocycles. The Balaban J connectivity index is 2.29. The third-order valence-electron chi connectivity index (χ3n) is 2.18. The molecule has 1 fully saturated rings. The summed E-state index contributed by atoms with van der Waals surface area (Å²) in [6.07, 6.45) is 1.00. The third kappa shape index (κ3) is 0.623. The van der Waals surface area contributed by atoms with Crippen molar-refractivity contribution in [1.29, 1.82) is 0 Å². The van der Waals surface area contributed by atoms with Crippen molar-refractivity contribution in [3.63, 3.8) is 0 Å². The van der Waals surface area contributed by atoms with Crippen molar-refractivity contribution >= 4 is 5.71 Å². The number of hydrogen-bond donors (Lipinski definition) is 1. The second kappa shape index (κ2) is 1.85. The van der Waals surface area contributed by atoms with Crippen LogP contribution in [0.25, 0.3) is 0 Å². The van der Waals surface area contributed by atoms with Gasteiger partial charge in [-0.25, -0.2) is 0 Å². The van der Waals surface area contributed by atoms with Crippen molar-refractivity contribution in [3.8, 4) is 0 Å². The van der Waals surface area contributed by atoms with Crippen molar-refractivity contribution in [1.82, 2.24) is 0 Å². The first kappa shape index (κ1) is 5.97. The van der Waals surface area contributed by atoms with Crippen LogP contribution in [0.1, 0.15) is 13.3 Å². The van der Waals surface area contributed by atoms with Crippen LogP contribution in [-0.2, 0) is 0 Å². The van der Waals surface area contributed by atoms with Crippen LogP contribution < -0.4 is 5.73 Å². The van der Waals surface area contributed by atoms with Gasteiger partial charge in [0.25, 0.3) is 0 Å². The highest BCUT2D eigenvalue weighted by atomic mass is 15.4. The van der Waals surface area contributed by atoms with E-state index in [-0.39, 0.29) is 12.1 Å². The molecule has 1 aliphatic heterocycles. The van der Waals surface area contributed by atoms with E-state index < -0.39 is 0 Å². The minimum atomic E-state index is 0.106. The topological polar surface area (TPSA) is 63.1 Å². The molecule has 0 aromatic carbocycles. The van der Waals surface area contributed by atoms with Gasteiger partial charge >= 0.3 is 0 Å². The predicted octanol–water partition coefficient (Wildman–Crippen LogP) is 0.544. The zero-order valence-electron chi connectivity index (χ0n) is 5.86. The number of nitrogens with zero attached hydrogens (tertiary/aromatic N) is 3. The van der Waals surface area contributed by atoms with Crippen molar-refractivity contribution in [3.05, 3.63) is 0 Å². The molecule has 4 nitrogen and oxygen atoms in total. The molecule has 0 bridgehead atoms. The zero-order chi connectivity index (χ0) is 7.14. The number of rotatable bonds is 0. The average molecular weight is 138 g/mol. The normalized spacial score (nSPS) is 43.8. The molecule has 3 unspecified atom stereocenters. The van der Waals surface area contributed by atoms with Gasteiger partial charge in [0, 0.05) is 6.04 Å². The number of nitrogens with two attached hydrogens (primary N) is 1. The van der Waals surface area contributed by atoms with Gasteiger partial charge < -0.3 is 5.73 Å². The van der Waals surface area contributed by atoms with Gasteiger partial charge in [-0.1, -0.05) is 6.92 Å². The number of hydrogen-bond acceptors (Lipinski definition) is 4. The largest absolute Gasteiger partial charge is 0.323 e. The first-order valence-corrected chi connectivity index (χ1v) is 3.52. The highest BCUT2D eigenvalue weighted by Crippen LogP contribution is 2.28. The Labute approximate surface area is 59.2 Å². The molecule has 1 heterocycles. The van der Waals surface area contributed by atoms with Gasteiger partial charge in [-0.3, -0.25) is 0 Å². The maximum Gasteiger partial charge on any atom is 0.117 e. The summed E-state index contributed by atoms with van der Waals surface area (Å²) in [4.78, 5) is 0. The molecule has 3 atom stereocenters. The Kier molecular flexibility index (Phi) is 1.11. The van der Waals surface area contributed by atoms with Crippen molar-refractivity contribution in [2.45, 2.75) is 25.4 Å². The van der Waals surface area contributed by atoms with Gasteiger partial charge in [0.15, 0.2) is 0 Å². The van der Waals surface area contributed by atoms with Gasteiger partial charge in [-0.2, -0.15) is 5.11 Å². The van der Waals surface area contributed by atoms with Crippen LogP contribution in [0, 0.1) is 5.92 Å². The molecule has 0 amide bonds. The van der Waals surface area contributed by atoms with E-state index in [1.165, 1.54) is 0 Å². The molecule has 4 heteroatoms. The minimum absolute atomic E-state index is 0.106. The summed E-state index contributed by atoms with van der Waals surface area (Å²) >= 11 is 0. The van der Waals surface area contributed by atoms with Gasteiger partial charge in [-0.15, -0.1) is 5.10 Å². The Bertz CT molecular complexity index is 208. The van der Waals surface area contributed by atoms with E-state index in [0.29, 0.717) is 5.92 Å². The Morgan fingerprint density at radius 2 is 2.40 bits per heavy atom. The van der Waals surface area contributed by atoms with E-state index in [1.807, 2.05) is 0 Å². The van der Waals surface area contributed by atoms with Crippen LogP contribution in [0.4, 0.5) is 0 Å². The Morgan fingerprint density at radius 1 is 1.60 bits per heavy atom. The lowest BCUT2D eigenvalue weighted by atomic mass is 10.1. The molecule has 0 radical (unpaired) electrons. The van der Waals surface area contributed by atoms with Gasteiger partial charge in [0.05, 0.1) is 5.71 Å². The van der Waals surface area contributed by atoms with Crippen LogP contribution in [0.3, 0.4) is 0 Å². The molecule has 0 aromatic rings. The van der Waals surface area contributed by atoms with Crippen LogP contribution in [0.5, 0.6) is 0 Å². The maximum atomic E-state index is 5.76. The highest BCUT2D eigenvalue weighted by Gasteiger charge is 2.38. The molecule has 2 rings (SSSR count). The van der Waals surface area contributed by atoms with Crippen molar-refractivity contribution in [2.75, 3.05) is 0 Å². The van der Waals surface area contributed by atoms with Crippen LogP contribution in [0.2, 0.25) is 0 Å². The van der Waals surface area contributed by atoms with Crippen molar-refractivity contribution < 1.29 is 0 Å². The predicted molar refractivity (Wildman–Crippen MR) is 37.8 cm³/mol. The van der Waals surface area contributed by atoms with Crippen LogP contribution >= 0.6 is 0 Å². The lowest BCUT2D eigenvalue weighted by Gasteiger charge is -2.01. The Morgan fingerprint density at radius 3 is 3.10 bits per heavy atom. The zero-order valence-corrected chi connectivity index (χ0v) is 5.86. The molecule has 0 aromatic heterocycles. The van der Waals surface area contributed by atoms with E-state index in [9.17, 15) is 0 Å². The average Bonchev–Trinajstić information content (AvgIpc) is 2.39. The molecule has 2 N–H and O–H groups in total. The van der Waals surface area contributed by atoms with Crippen LogP contribution in [-0.4, -0.2) is 17.8 Å². The van der Waals surface area contributed by atoms with Crippen LogP contribution in [0.15, 0.2) is 15.4 Å². The molecule has 54 valence electrons. The van der Waals surface area contributed by atoms with E-state index in [1.54, 1.807) is 0 Å². The summed E-state index contributed by atoms with van der Waals surface area (Å²) in [5.41, 5.74) is 6.74. The van der Waals surface area contributed by atoms with Crippen molar-refractivity contribution in [2.24, 2.45) is 27.1 Å². The summed E-state index contributed by atoms with van der Waals surface area (Å²) in [5.74, 6) is 0.528. The first-order chi connectivity index (χ1) is 4.79. The summed E-state index contributed by atoms with van der Waals surface area (Å²) in [6.45, 7) is 2.14. The van der Waals surface area contributed by atoms with E-state index in [0.717, 1.165) is 12.1 Å². The Hall–Kier alpha value is -0.770. The molecule has 0 spiro atoms.